The Kier molecular flexibility index (Phi) is 6.44. The Balaban J connectivity index is 1.44. The fraction of sp³-hybridized carbons (Fsp3) is 0.0435. The molecule has 30 heavy (non-hydrogen) atoms. The van der Waals surface area contributed by atoms with Crippen molar-refractivity contribution in [3.8, 4) is 5.75 Å². The van der Waals surface area contributed by atoms with Crippen LogP contribution in [0.4, 0.5) is 5.69 Å². The summed E-state index contributed by atoms with van der Waals surface area (Å²) in [5.41, 5.74) is 2.60. The first-order valence-electron chi connectivity index (χ1n) is 9.01. The summed E-state index contributed by atoms with van der Waals surface area (Å²) in [7, 11) is 0. The summed E-state index contributed by atoms with van der Waals surface area (Å²) in [5, 5.41) is 1.02. The third kappa shape index (κ3) is 4.71. The van der Waals surface area contributed by atoms with Crippen LogP contribution in [0, 0.1) is 0 Å². The van der Waals surface area contributed by atoms with Crippen LogP contribution >= 0.6 is 47.2 Å². The zero-order chi connectivity index (χ0) is 21.1. The molecule has 0 N–H and O–H groups in total. The monoisotopic (exact) mass is 471 g/mol. The Morgan fingerprint density at radius 3 is 2.40 bits per heavy atom. The van der Waals surface area contributed by atoms with Crippen molar-refractivity contribution in [3.63, 3.8) is 0 Å². The third-order valence-corrected chi connectivity index (χ3v) is 6.42. The number of amides is 1. The highest BCUT2D eigenvalue weighted by Crippen LogP contribution is 2.36. The van der Waals surface area contributed by atoms with E-state index in [1.165, 1.54) is 11.8 Å². The molecule has 0 atom stereocenters. The predicted molar refractivity (Wildman–Crippen MR) is 129 cm³/mol. The average molecular weight is 472 g/mol. The topological polar surface area (TPSA) is 29.5 Å². The summed E-state index contributed by atoms with van der Waals surface area (Å²) in [6, 6.07) is 22.3. The molecule has 150 valence electrons. The summed E-state index contributed by atoms with van der Waals surface area (Å²) in [6.07, 6.45) is 1.84. The van der Waals surface area contributed by atoms with Gasteiger partial charge in [-0.05, 0) is 53.6 Å². The highest BCUT2D eigenvalue weighted by molar-refractivity contribution is 8.27. The van der Waals surface area contributed by atoms with Crippen molar-refractivity contribution in [2.45, 2.75) is 6.61 Å². The number of para-hydroxylation sites is 1. The Bertz CT molecular complexity index is 1130. The van der Waals surface area contributed by atoms with Gasteiger partial charge in [0.25, 0.3) is 5.91 Å². The number of halogens is 2. The van der Waals surface area contributed by atoms with Gasteiger partial charge in [-0.25, -0.2) is 0 Å². The Labute approximate surface area is 194 Å². The molecule has 1 saturated heterocycles. The van der Waals surface area contributed by atoms with Crippen LogP contribution in [0.1, 0.15) is 11.1 Å². The Hall–Kier alpha value is -2.31. The van der Waals surface area contributed by atoms with E-state index in [0.29, 0.717) is 25.9 Å². The molecule has 3 aromatic carbocycles. The molecular formula is C23H15Cl2NO2S2. The second kappa shape index (κ2) is 9.23. The summed E-state index contributed by atoms with van der Waals surface area (Å²) in [5.74, 6) is 0.603. The lowest BCUT2D eigenvalue weighted by Crippen LogP contribution is -2.27. The number of carbonyl (C=O) groups excluding carboxylic acids is 1. The minimum absolute atomic E-state index is 0.115. The second-order valence-corrected chi connectivity index (χ2v) is 8.95. The molecular weight excluding hydrogens is 457 g/mol. The van der Waals surface area contributed by atoms with Crippen LogP contribution in [0.25, 0.3) is 6.08 Å². The predicted octanol–water partition coefficient (Wildman–Crippen LogP) is 6.98. The molecule has 1 aliphatic heterocycles. The van der Waals surface area contributed by atoms with E-state index >= 15 is 0 Å². The lowest BCUT2D eigenvalue weighted by atomic mass is 10.2. The van der Waals surface area contributed by atoms with Crippen LogP contribution in [0.5, 0.6) is 5.75 Å². The van der Waals surface area contributed by atoms with Gasteiger partial charge >= 0.3 is 0 Å². The first-order valence-corrected chi connectivity index (χ1v) is 11.0. The molecule has 4 rings (SSSR count). The molecule has 3 nitrogen and oxygen atoms in total. The van der Waals surface area contributed by atoms with Gasteiger partial charge in [0.1, 0.15) is 12.4 Å². The van der Waals surface area contributed by atoms with Gasteiger partial charge in [0.15, 0.2) is 4.32 Å². The van der Waals surface area contributed by atoms with Crippen molar-refractivity contribution < 1.29 is 9.53 Å². The number of anilines is 1. The van der Waals surface area contributed by atoms with Crippen LogP contribution in [0.15, 0.2) is 77.7 Å². The van der Waals surface area contributed by atoms with Crippen LogP contribution in [-0.4, -0.2) is 10.2 Å². The fourth-order valence-electron chi connectivity index (χ4n) is 2.88. The number of nitrogens with zero attached hydrogens (tertiary/aromatic N) is 1. The Morgan fingerprint density at radius 1 is 0.967 bits per heavy atom. The molecule has 0 bridgehead atoms. The van der Waals surface area contributed by atoms with Gasteiger partial charge in [-0.2, -0.15) is 0 Å². The quantitative estimate of drug-likeness (QED) is 0.296. The second-order valence-electron chi connectivity index (χ2n) is 6.46. The zero-order valence-corrected chi connectivity index (χ0v) is 18.7. The van der Waals surface area contributed by atoms with E-state index in [9.17, 15) is 4.79 Å². The number of thiocarbonyl (C=S) groups is 1. The number of hydrogen-bond acceptors (Lipinski definition) is 4. The number of carbonyl (C=O) groups is 1. The molecule has 1 aliphatic rings. The molecule has 0 unspecified atom stereocenters. The number of rotatable bonds is 5. The molecule has 0 saturated carbocycles. The van der Waals surface area contributed by atoms with Crippen LogP contribution in [0.3, 0.4) is 0 Å². The minimum atomic E-state index is -0.115. The maximum absolute atomic E-state index is 12.8. The minimum Gasteiger partial charge on any atom is -0.489 e. The number of thioether (sulfide) groups is 1. The van der Waals surface area contributed by atoms with Crippen molar-refractivity contribution in [2.75, 3.05) is 4.90 Å². The van der Waals surface area contributed by atoms with Crippen LogP contribution < -0.4 is 9.64 Å². The maximum atomic E-state index is 12.8. The van der Waals surface area contributed by atoms with Gasteiger partial charge in [-0.15, -0.1) is 0 Å². The molecule has 1 fully saturated rings. The van der Waals surface area contributed by atoms with Gasteiger partial charge in [0, 0.05) is 0 Å². The van der Waals surface area contributed by atoms with Gasteiger partial charge < -0.3 is 4.74 Å². The molecule has 7 heteroatoms. The largest absolute Gasteiger partial charge is 0.489 e. The third-order valence-electron chi connectivity index (χ3n) is 4.38. The van der Waals surface area contributed by atoms with E-state index in [1.54, 1.807) is 17.0 Å². The van der Waals surface area contributed by atoms with Crippen molar-refractivity contribution >= 4 is 69.2 Å². The van der Waals surface area contributed by atoms with E-state index in [2.05, 4.69) is 0 Å². The molecule has 3 aromatic rings. The number of ether oxygens (including phenoxy) is 1. The fourth-order valence-corrected chi connectivity index (χ4v) is 4.49. The SMILES string of the molecule is O=C1/C(=C\c2ccc(OCc3ccc(Cl)c(Cl)c3)cc2)SC(=S)N1c1ccccc1. The first kappa shape index (κ1) is 20.9. The van der Waals surface area contributed by atoms with E-state index in [-0.39, 0.29) is 5.91 Å². The summed E-state index contributed by atoms with van der Waals surface area (Å²) >= 11 is 18.7. The first-order chi connectivity index (χ1) is 14.5. The molecule has 0 aromatic heterocycles. The molecule has 1 amide bonds. The van der Waals surface area contributed by atoms with Crippen LogP contribution in [0.2, 0.25) is 10.0 Å². The lowest BCUT2D eigenvalue weighted by molar-refractivity contribution is -0.113. The standard InChI is InChI=1S/C23H15Cl2NO2S2/c24-19-11-8-16(12-20(19)25)14-28-18-9-6-15(7-10-18)13-21-22(27)26(23(29)30-21)17-4-2-1-3-5-17/h1-13H,14H2/b21-13+. The van der Waals surface area contributed by atoms with E-state index < -0.39 is 0 Å². The Morgan fingerprint density at radius 2 is 1.70 bits per heavy atom. The van der Waals surface area contributed by atoms with Gasteiger partial charge in [-0.3, -0.25) is 9.69 Å². The molecule has 1 heterocycles. The smallest absolute Gasteiger partial charge is 0.270 e. The van der Waals surface area contributed by atoms with E-state index in [0.717, 1.165) is 22.6 Å². The number of hydrogen-bond donors (Lipinski definition) is 0. The molecule has 0 radical (unpaired) electrons. The normalized spacial score (nSPS) is 15.1. The summed E-state index contributed by atoms with van der Waals surface area (Å²) in [4.78, 5) is 15.0. The summed E-state index contributed by atoms with van der Waals surface area (Å²) < 4.78 is 6.33. The van der Waals surface area contributed by atoms with Crippen molar-refractivity contribution in [2.24, 2.45) is 0 Å². The van der Waals surface area contributed by atoms with Gasteiger partial charge in [0.05, 0.1) is 20.6 Å². The summed E-state index contributed by atoms with van der Waals surface area (Å²) in [6.45, 7) is 0.381. The van der Waals surface area contributed by atoms with Gasteiger partial charge in [0.2, 0.25) is 0 Å². The maximum Gasteiger partial charge on any atom is 0.270 e. The highest BCUT2D eigenvalue weighted by Gasteiger charge is 2.33. The van der Waals surface area contributed by atoms with Gasteiger partial charge in [-0.1, -0.05) is 83.6 Å². The average Bonchev–Trinajstić information content (AvgIpc) is 3.03. The van der Waals surface area contributed by atoms with Crippen molar-refractivity contribution in [3.05, 3.63) is 98.9 Å². The van der Waals surface area contributed by atoms with Crippen LogP contribution in [-0.2, 0) is 11.4 Å². The lowest BCUT2D eigenvalue weighted by Gasteiger charge is -2.13. The van der Waals surface area contributed by atoms with E-state index in [1.807, 2.05) is 66.7 Å². The molecule has 0 aliphatic carbocycles. The number of benzene rings is 3. The zero-order valence-electron chi connectivity index (χ0n) is 15.5. The van der Waals surface area contributed by atoms with E-state index in [4.69, 9.17) is 40.2 Å². The van der Waals surface area contributed by atoms with Crippen molar-refractivity contribution in [1.29, 1.82) is 0 Å². The van der Waals surface area contributed by atoms with Crippen molar-refractivity contribution in [1.82, 2.24) is 0 Å². The highest BCUT2D eigenvalue weighted by atomic mass is 35.5. The molecule has 0 spiro atoms.